The van der Waals surface area contributed by atoms with Crippen LogP contribution in [0.5, 0.6) is 5.75 Å². The third-order valence-corrected chi connectivity index (χ3v) is 22.8. The molecule has 0 saturated heterocycles. The summed E-state index contributed by atoms with van der Waals surface area (Å²) >= 11 is 3.19. The van der Waals surface area contributed by atoms with Gasteiger partial charge in [0, 0.05) is 166 Å². The summed E-state index contributed by atoms with van der Waals surface area (Å²) in [5.41, 5.74) is 11.2. The van der Waals surface area contributed by atoms with Crippen molar-refractivity contribution < 1.29 is 13.7 Å². The maximum absolute atomic E-state index is 5.52. The number of fused-ring (bicyclic) bond motifs is 1. The van der Waals surface area contributed by atoms with Crippen molar-refractivity contribution in [3.63, 3.8) is 0 Å². The number of benzene rings is 2. The van der Waals surface area contributed by atoms with Crippen molar-refractivity contribution in [3.05, 3.63) is 337 Å². The van der Waals surface area contributed by atoms with E-state index in [-0.39, 0.29) is 70.9 Å². The second-order valence-corrected chi connectivity index (χ2v) is 51.9. The molecule has 800 valence electrons. The van der Waals surface area contributed by atoms with Gasteiger partial charge < -0.3 is 28.1 Å². The molecule has 0 unspecified atom stereocenters. The van der Waals surface area contributed by atoms with E-state index >= 15 is 0 Å². The summed E-state index contributed by atoms with van der Waals surface area (Å²) in [6, 6.07) is 40.8. The number of oxazole rings is 1. The quantitative estimate of drug-likeness (QED) is 0.148. The molecule has 0 bridgehead atoms. The third kappa shape index (κ3) is 53.3. The van der Waals surface area contributed by atoms with Gasteiger partial charge in [-0.15, -0.1) is 16.4 Å². The summed E-state index contributed by atoms with van der Waals surface area (Å²) in [6.45, 7) is 100. The number of aromatic amines is 1. The topological polar surface area (TPSA) is 280 Å². The number of nitrogens with one attached hydrogen (secondary N) is 1. The lowest BCUT2D eigenvalue weighted by molar-refractivity contribution is 0.320. The van der Waals surface area contributed by atoms with E-state index < -0.39 is 0 Å². The first-order chi connectivity index (χ1) is 66.9. The van der Waals surface area contributed by atoms with Crippen LogP contribution in [0.1, 0.15) is 373 Å². The van der Waals surface area contributed by atoms with E-state index in [1.54, 1.807) is 67.3 Å². The Balaban J connectivity index is 0.000000530. The molecule has 16 rings (SSSR count). The van der Waals surface area contributed by atoms with Crippen LogP contribution in [-0.4, -0.2) is 111 Å². The summed E-state index contributed by atoms with van der Waals surface area (Å²) in [6.07, 6.45) is 39.7. The molecular formula is C119H184N22O3S2. The van der Waals surface area contributed by atoms with E-state index in [1.165, 1.54) is 45.1 Å². The van der Waals surface area contributed by atoms with Gasteiger partial charge in [0.25, 0.3) is 0 Å². The van der Waals surface area contributed by atoms with Gasteiger partial charge in [0.05, 0.1) is 46.0 Å². The molecule has 13 aromatic heterocycles. The molecule has 1 N–H and O–H groups in total. The number of ether oxygens (including phenoxy) is 1. The molecule has 0 spiro atoms. The van der Waals surface area contributed by atoms with Crippen LogP contribution in [0.4, 0.5) is 5.69 Å². The SMILES string of the molecule is C=C1Oc2ccc(C(C)(C)C)cc2N1C.CC(C)(C)c1cc[nH]c1.CC(C)(C)c1ccccc1.CC(C)(C)c1ccccn1.CC(C)(C)c1ccccn1.CC(C)(C)c1ccncc1.CC(C)(C)c1ncccn1.CC(C)(C)c1ncco1.CC(C)(C)c1nccs1.CC(C)(C)c1ncno1.CC(C)(C)c1ncns1.CC(C)(C)n1cccn1.CC(C)(C)n1cccn1.CC(C)(C)n1ccnc1.CC(C)(C)n1ccnn1. The zero-order valence-corrected chi connectivity index (χ0v) is 99.6. The zero-order chi connectivity index (χ0) is 111. The fraction of sp³-hybridized carbons (Fsp3) is 0.513. The van der Waals surface area contributed by atoms with Crippen LogP contribution < -0.4 is 9.64 Å². The molecule has 27 heteroatoms. The number of imidazole rings is 1. The molecule has 0 atom stereocenters. The minimum Gasteiger partial charge on any atom is -0.448 e. The summed E-state index contributed by atoms with van der Waals surface area (Å²) in [5.74, 6) is 3.96. The number of H-pyrrole nitrogens is 1. The highest BCUT2D eigenvalue weighted by atomic mass is 32.1. The van der Waals surface area contributed by atoms with Crippen LogP contribution in [-0.2, 0) is 81.7 Å². The Hall–Kier alpha value is -12.1. The molecule has 146 heavy (non-hydrogen) atoms. The molecule has 14 heterocycles. The van der Waals surface area contributed by atoms with Crippen LogP contribution >= 0.6 is 22.9 Å². The molecule has 1 aliphatic heterocycles. The van der Waals surface area contributed by atoms with E-state index in [9.17, 15) is 0 Å². The number of hydrogen-bond acceptors (Lipinski definition) is 22. The number of pyridine rings is 3. The lowest BCUT2D eigenvalue weighted by atomic mass is 9.87. The molecule has 1 aliphatic rings. The average molecular weight is 2040 g/mol. The predicted octanol–water partition coefficient (Wildman–Crippen LogP) is 31.1. The molecule has 25 nitrogen and oxygen atoms in total. The minimum atomic E-state index is -0.0174. The molecule has 0 aliphatic carbocycles. The van der Waals surface area contributed by atoms with Crippen LogP contribution in [0, 0.1) is 0 Å². The van der Waals surface area contributed by atoms with Gasteiger partial charge >= 0.3 is 0 Å². The number of aromatic nitrogens is 21. The molecule has 0 fully saturated rings. The fourth-order valence-electron chi connectivity index (χ4n) is 11.3. The molecule has 2 aromatic carbocycles. The number of thiazole rings is 1. The highest BCUT2D eigenvalue weighted by molar-refractivity contribution is 7.09. The smallest absolute Gasteiger partial charge is 0.231 e. The van der Waals surface area contributed by atoms with Crippen molar-refractivity contribution in [1.82, 2.24) is 103 Å². The Bertz CT molecular complexity index is 4850. The Labute approximate surface area is 888 Å². The molecule has 0 saturated carbocycles. The van der Waals surface area contributed by atoms with Gasteiger partial charge in [-0.2, -0.15) is 19.6 Å². The number of anilines is 1. The number of hydrogen-bond donors (Lipinski definition) is 1. The normalized spacial score (nSPS) is 12.1. The van der Waals surface area contributed by atoms with Crippen molar-refractivity contribution in [2.24, 2.45) is 0 Å². The Morgan fingerprint density at radius 1 is 0.342 bits per heavy atom. The van der Waals surface area contributed by atoms with E-state index in [0.29, 0.717) is 22.6 Å². The molecule has 15 aromatic rings. The molecule has 0 radical (unpaired) electrons. The first-order valence-electron chi connectivity index (χ1n) is 50.0. The van der Waals surface area contributed by atoms with E-state index in [1.807, 2.05) is 175 Å². The van der Waals surface area contributed by atoms with Gasteiger partial charge in [0.2, 0.25) is 5.89 Å². The van der Waals surface area contributed by atoms with Crippen molar-refractivity contribution >= 4 is 28.6 Å². The third-order valence-electron chi connectivity index (χ3n) is 20.5. The Kier molecular flexibility index (Phi) is 51.5. The van der Waals surface area contributed by atoms with Crippen molar-refractivity contribution in [1.29, 1.82) is 0 Å². The van der Waals surface area contributed by atoms with Gasteiger partial charge in [-0.25, -0.2) is 34.6 Å². The Morgan fingerprint density at radius 2 is 0.829 bits per heavy atom. The van der Waals surface area contributed by atoms with Gasteiger partial charge in [-0.05, 0) is 218 Å². The number of nitrogens with zero attached hydrogens (tertiary/aromatic N) is 21. The van der Waals surface area contributed by atoms with Crippen molar-refractivity contribution in [2.45, 2.75) is 393 Å². The van der Waals surface area contributed by atoms with Gasteiger partial charge in [0.1, 0.15) is 23.4 Å². The molecule has 0 amide bonds. The first-order valence-corrected chi connectivity index (χ1v) is 51.7. The van der Waals surface area contributed by atoms with Gasteiger partial charge in [0.15, 0.2) is 23.9 Å². The first kappa shape index (κ1) is 130. The minimum absolute atomic E-state index is 0.0174. The largest absolute Gasteiger partial charge is 0.448 e. The van der Waals surface area contributed by atoms with Gasteiger partial charge in [-0.3, -0.25) is 24.3 Å². The second-order valence-electron chi connectivity index (χ2n) is 50.3. The maximum atomic E-state index is 5.52. The summed E-state index contributed by atoms with van der Waals surface area (Å²) in [5, 5.41) is 23.6. The van der Waals surface area contributed by atoms with E-state index in [0.717, 1.165) is 39.5 Å². The van der Waals surface area contributed by atoms with Crippen LogP contribution in [0.3, 0.4) is 0 Å². The lowest BCUT2D eigenvalue weighted by Gasteiger charge is -2.20. The maximum Gasteiger partial charge on any atom is 0.231 e. The highest BCUT2D eigenvalue weighted by Crippen LogP contribution is 2.40. The second kappa shape index (κ2) is 57.9. The summed E-state index contributed by atoms with van der Waals surface area (Å²) < 4.78 is 27.1. The molecular weight excluding hydrogens is 1850 g/mol. The Morgan fingerprint density at radius 3 is 1.08 bits per heavy atom. The fourth-order valence-corrected chi connectivity index (χ4v) is 12.6. The van der Waals surface area contributed by atoms with Crippen LogP contribution in [0.15, 0.2) is 285 Å². The van der Waals surface area contributed by atoms with E-state index in [2.05, 4.69) is 460 Å². The van der Waals surface area contributed by atoms with Crippen molar-refractivity contribution in [3.8, 4) is 5.75 Å². The van der Waals surface area contributed by atoms with E-state index in [4.69, 9.17) is 13.7 Å². The highest BCUT2D eigenvalue weighted by Gasteiger charge is 2.27. The summed E-state index contributed by atoms with van der Waals surface area (Å²) in [7, 11) is 1.97. The predicted molar refractivity (Wildman–Crippen MR) is 612 cm³/mol. The summed E-state index contributed by atoms with van der Waals surface area (Å²) in [4.78, 5) is 45.9. The average Bonchev–Trinajstić information content (AvgIpc) is 1.64. The zero-order valence-electron chi connectivity index (χ0n) is 98.0. The van der Waals surface area contributed by atoms with Crippen molar-refractivity contribution in [2.75, 3.05) is 11.9 Å². The van der Waals surface area contributed by atoms with Crippen LogP contribution in [0.2, 0.25) is 0 Å². The lowest BCUT2D eigenvalue weighted by Crippen LogP contribution is -2.22. The van der Waals surface area contributed by atoms with Gasteiger partial charge in [-0.1, -0.05) is 287 Å². The monoisotopic (exact) mass is 2030 g/mol. The standard InChI is InChI=1S/C13H17NO.C10H14.3C9H13N.C8H12N2.C8H13N.3C7H12N2.C7H11NO.C7H11NS.C6H11N3.C6H10N2O.C6H10N2S/c1-9-14(5)11-8-10(13(2,3)4)6-7-12(11)15-9;1-10(2,3)9-7-5-4-6-8-9;1-9(2,3)8-4-6-10-7-5-8;2*1-9(2,3)8-6-4-5-7-10-8;1-8(2,3)7-9-5-4-6-10-7;1-8(2,3)7-4-5-9-6-7;1-7(2,3)9-5-4-8-6-9;2*1-7(2,3)9-6-4-5-8-9;2*1-7(2,3)6-8-4-5-9-6;1-6(2,3)9-5-4-7-8-9;2*1-6(2,3)5-7-4-8-9-5/h6-8H,1H2,2-5H3;4-8H,1-3H3;3*4-7H,1-3H3;4-6H,1-3H3;4-6,9H,1-3H3;3*4-6H,1-3H3;3*4-5H,1-3H3;2*4H,1-3H3. The number of rotatable bonds is 0. The van der Waals surface area contributed by atoms with Crippen LogP contribution in [0.25, 0.3) is 0 Å².